The average molecular weight is 439 g/mol. The summed E-state index contributed by atoms with van der Waals surface area (Å²) in [6.45, 7) is 0. The molecule has 0 saturated carbocycles. The van der Waals surface area contributed by atoms with Gasteiger partial charge in [0.25, 0.3) is 10.0 Å². The molecule has 0 atom stereocenters. The molecule has 0 heterocycles. The first-order chi connectivity index (χ1) is 9.85. The molecule has 21 heavy (non-hydrogen) atoms. The minimum atomic E-state index is -4.03. The Morgan fingerprint density at radius 3 is 2.43 bits per heavy atom. The number of ether oxygens (including phenoxy) is 1. The number of sulfonamides is 1. The van der Waals surface area contributed by atoms with Crippen LogP contribution >= 0.6 is 31.9 Å². The second-order valence-corrected chi connectivity index (χ2v) is 7.36. The first kappa shape index (κ1) is 16.3. The lowest BCUT2D eigenvalue weighted by molar-refractivity contribution is 0.412. The van der Waals surface area contributed by atoms with E-state index in [9.17, 15) is 12.8 Å². The largest absolute Gasteiger partial charge is 0.495 e. The van der Waals surface area contributed by atoms with Crippen LogP contribution in [-0.4, -0.2) is 15.5 Å². The van der Waals surface area contributed by atoms with Crippen molar-refractivity contribution in [2.75, 3.05) is 11.8 Å². The fraction of sp³-hybridized carbons (Fsp3) is 0.0769. The number of hydrogen-bond donors (Lipinski definition) is 1. The van der Waals surface area contributed by atoms with E-state index in [1.54, 1.807) is 6.07 Å². The summed E-state index contributed by atoms with van der Waals surface area (Å²) in [5.41, 5.74) is 0.248. The van der Waals surface area contributed by atoms with Gasteiger partial charge in [0.1, 0.15) is 16.5 Å². The Bertz CT molecular complexity index is 781. The summed E-state index contributed by atoms with van der Waals surface area (Å²) in [5, 5.41) is 0. The molecule has 0 unspecified atom stereocenters. The maximum atomic E-state index is 13.6. The quantitative estimate of drug-likeness (QED) is 0.779. The van der Waals surface area contributed by atoms with Gasteiger partial charge >= 0.3 is 0 Å². The van der Waals surface area contributed by atoms with Crippen LogP contribution < -0.4 is 9.46 Å². The topological polar surface area (TPSA) is 55.4 Å². The van der Waals surface area contributed by atoms with Crippen molar-refractivity contribution < 1.29 is 17.5 Å². The molecular formula is C13H10Br2FNO3S. The van der Waals surface area contributed by atoms with Gasteiger partial charge in [-0.2, -0.15) is 0 Å². The van der Waals surface area contributed by atoms with Gasteiger partial charge in [-0.1, -0.05) is 12.1 Å². The molecule has 0 fully saturated rings. The molecular weight excluding hydrogens is 429 g/mol. The first-order valence-electron chi connectivity index (χ1n) is 5.65. The highest BCUT2D eigenvalue weighted by Crippen LogP contribution is 2.35. The van der Waals surface area contributed by atoms with Gasteiger partial charge in [-0.15, -0.1) is 0 Å². The second-order valence-electron chi connectivity index (χ2n) is 4.00. The van der Waals surface area contributed by atoms with Gasteiger partial charge in [-0.05, 0) is 50.1 Å². The molecule has 8 heteroatoms. The lowest BCUT2D eigenvalue weighted by atomic mass is 10.3. The third-order valence-corrected chi connectivity index (χ3v) is 5.29. The molecule has 1 N–H and O–H groups in total. The maximum absolute atomic E-state index is 13.6. The van der Waals surface area contributed by atoms with Crippen molar-refractivity contribution in [1.29, 1.82) is 0 Å². The van der Waals surface area contributed by atoms with Crippen LogP contribution in [0.25, 0.3) is 0 Å². The highest BCUT2D eigenvalue weighted by Gasteiger charge is 2.20. The average Bonchev–Trinajstić information content (AvgIpc) is 2.42. The van der Waals surface area contributed by atoms with E-state index in [1.807, 2.05) is 0 Å². The predicted octanol–water partition coefficient (Wildman–Crippen LogP) is 4.16. The predicted molar refractivity (Wildman–Crippen MR) is 85.6 cm³/mol. The van der Waals surface area contributed by atoms with E-state index in [0.717, 1.165) is 6.07 Å². The minimum absolute atomic E-state index is 0.248. The van der Waals surface area contributed by atoms with Crippen LogP contribution in [-0.2, 0) is 10.0 Å². The van der Waals surface area contributed by atoms with Crippen LogP contribution in [0.3, 0.4) is 0 Å². The van der Waals surface area contributed by atoms with Crippen molar-refractivity contribution in [3.63, 3.8) is 0 Å². The third kappa shape index (κ3) is 3.56. The van der Waals surface area contributed by atoms with Gasteiger partial charge in [0, 0.05) is 10.5 Å². The van der Waals surface area contributed by atoms with Gasteiger partial charge < -0.3 is 4.74 Å². The second kappa shape index (κ2) is 6.33. The summed E-state index contributed by atoms with van der Waals surface area (Å²) < 4.78 is 46.7. The maximum Gasteiger partial charge on any atom is 0.264 e. The van der Waals surface area contributed by atoms with E-state index in [2.05, 4.69) is 36.6 Å². The zero-order valence-electron chi connectivity index (χ0n) is 10.7. The van der Waals surface area contributed by atoms with Gasteiger partial charge in [-0.3, -0.25) is 4.72 Å². The summed E-state index contributed by atoms with van der Waals surface area (Å²) in [7, 11) is -2.57. The number of rotatable bonds is 4. The number of benzene rings is 2. The monoisotopic (exact) mass is 437 g/mol. The lowest BCUT2D eigenvalue weighted by Gasteiger charge is -2.12. The first-order valence-corrected chi connectivity index (χ1v) is 8.72. The van der Waals surface area contributed by atoms with E-state index in [1.165, 1.54) is 31.4 Å². The zero-order chi connectivity index (χ0) is 15.6. The lowest BCUT2D eigenvalue weighted by Crippen LogP contribution is -2.15. The van der Waals surface area contributed by atoms with Gasteiger partial charge in [-0.25, -0.2) is 12.8 Å². The Morgan fingerprint density at radius 1 is 1.14 bits per heavy atom. The molecule has 112 valence electrons. The van der Waals surface area contributed by atoms with Crippen molar-refractivity contribution in [1.82, 2.24) is 0 Å². The van der Waals surface area contributed by atoms with Crippen LogP contribution in [0.15, 0.2) is 50.2 Å². The van der Waals surface area contributed by atoms with Crippen LogP contribution in [0.1, 0.15) is 0 Å². The summed E-state index contributed by atoms with van der Waals surface area (Å²) in [4.78, 5) is -0.418. The molecule has 0 amide bonds. The Morgan fingerprint density at radius 2 is 1.81 bits per heavy atom. The van der Waals surface area contributed by atoms with Gasteiger partial charge in [0.15, 0.2) is 0 Å². The molecule has 0 aliphatic heterocycles. The molecule has 4 nitrogen and oxygen atoms in total. The van der Waals surface area contributed by atoms with E-state index in [0.29, 0.717) is 14.7 Å². The highest BCUT2D eigenvalue weighted by molar-refractivity contribution is 9.11. The van der Waals surface area contributed by atoms with Crippen molar-refractivity contribution in [2.24, 2.45) is 0 Å². The molecule has 0 radical (unpaired) electrons. The molecule has 0 aliphatic rings. The van der Waals surface area contributed by atoms with Crippen LogP contribution in [0.4, 0.5) is 10.1 Å². The van der Waals surface area contributed by atoms with Gasteiger partial charge in [0.05, 0.1) is 17.3 Å². The Hall–Kier alpha value is -1.12. The summed E-state index contributed by atoms with van der Waals surface area (Å²) in [5.74, 6) is -0.366. The van der Waals surface area contributed by atoms with Crippen molar-refractivity contribution in [3.05, 3.63) is 51.2 Å². The van der Waals surface area contributed by atoms with Crippen molar-refractivity contribution in [3.8, 4) is 5.75 Å². The smallest absolute Gasteiger partial charge is 0.264 e. The molecule has 0 aromatic heterocycles. The van der Waals surface area contributed by atoms with Crippen molar-refractivity contribution >= 4 is 47.6 Å². The van der Waals surface area contributed by atoms with E-state index in [-0.39, 0.29) is 5.69 Å². The number of anilines is 1. The van der Waals surface area contributed by atoms with E-state index in [4.69, 9.17) is 4.74 Å². The van der Waals surface area contributed by atoms with E-state index < -0.39 is 20.7 Å². The fourth-order valence-electron chi connectivity index (χ4n) is 1.63. The van der Waals surface area contributed by atoms with Gasteiger partial charge in [0.2, 0.25) is 0 Å². The number of hydrogen-bond acceptors (Lipinski definition) is 3. The third-order valence-electron chi connectivity index (χ3n) is 2.61. The standard InChI is InChI=1S/C13H10Br2FNO3S/c1-20-12-7-11(8(14)6-9(12)15)17-21(18,19)13-5-3-2-4-10(13)16/h2-7,17H,1H3. The van der Waals surface area contributed by atoms with E-state index >= 15 is 0 Å². The number of halogens is 3. The Labute approximate surface area is 138 Å². The molecule has 2 aromatic rings. The zero-order valence-corrected chi connectivity index (χ0v) is 14.7. The summed E-state index contributed by atoms with van der Waals surface area (Å²) in [6.07, 6.45) is 0. The molecule has 2 aromatic carbocycles. The number of nitrogens with one attached hydrogen (secondary N) is 1. The minimum Gasteiger partial charge on any atom is -0.495 e. The normalized spacial score (nSPS) is 11.2. The van der Waals surface area contributed by atoms with Crippen molar-refractivity contribution in [2.45, 2.75) is 4.90 Å². The molecule has 0 aliphatic carbocycles. The SMILES string of the molecule is COc1cc(NS(=O)(=O)c2ccccc2F)c(Br)cc1Br. The Kier molecular flexibility index (Phi) is 4.90. The Balaban J connectivity index is 2.44. The molecule has 0 spiro atoms. The van der Waals surface area contributed by atoms with Crippen LogP contribution in [0.2, 0.25) is 0 Å². The fourth-order valence-corrected chi connectivity index (χ4v) is 4.16. The summed E-state index contributed by atoms with van der Waals surface area (Å²) >= 11 is 6.53. The van der Waals surface area contributed by atoms with Crippen LogP contribution in [0, 0.1) is 5.82 Å². The number of methoxy groups -OCH3 is 1. The molecule has 2 rings (SSSR count). The summed E-state index contributed by atoms with van der Waals surface area (Å²) in [6, 6.07) is 8.29. The highest BCUT2D eigenvalue weighted by atomic mass is 79.9. The molecule has 0 bridgehead atoms. The van der Waals surface area contributed by atoms with Crippen LogP contribution in [0.5, 0.6) is 5.75 Å². The molecule has 0 saturated heterocycles.